The summed E-state index contributed by atoms with van der Waals surface area (Å²) >= 11 is 0. The molecule has 0 saturated carbocycles. The monoisotopic (exact) mass is 426 g/mol. The van der Waals surface area contributed by atoms with Gasteiger partial charge in [-0.05, 0) is 72.4 Å². The number of hydrogen-bond acceptors (Lipinski definition) is 5. The van der Waals surface area contributed by atoms with E-state index in [1.807, 2.05) is 27.7 Å². The molecule has 1 aliphatic rings. The zero-order valence-electron chi connectivity index (χ0n) is 19.9. The predicted octanol–water partition coefficient (Wildman–Crippen LogP) is 2.42. The van der Waals surface area contributed by atoms with Crippen molar-refractivity contribution in [3.05, 3.63) is 0 Å². The van der Waals surface area contributed by atoms with E-state index in [2.05, 4.69) is 16.0 Å². The first-order chi connectivity index (χ1) is 14.0. The van der Waals surface area contributed by atoms with E-state index in [1.54, 1.807) is 25.7 Å². The molecule has 0 spiro atoms. The number of ether oxygens (including phenoxy) is 1. The lowest BCUT2D eigenvalue weighted by Crippen LogP contribution is -2.67. The Bertz CT molecular complexity index is 580. The van der Waals surface area contributed by atoms with E-state index in [0.717, 1.165) is 6.42 Å². The fourth-order valence-corrected chi connectivity index (χ4v) is 3.87. The Kier molecular flexibility index (Phi) is 10.1. The molecule has 30 heavy (non-hydrogen) atoms. The van der Waals surface area contributed by atoms with Crippen molar-refractivity contribution in [3.8, 4) is 0 Å². The van der Waals surface area contributed by atoms with Gasteiger partial charge < -0.3 is 25.6 Å². The summed E-state index contributed by atoms with van der Waals surface area (Å²) in [7, 11) is 0. The van der Waals surface area contributed by atoms with Gasteiger partial charge >= 0.3 is 6.09 Å². The molecule has 1 heterocycles. The molecule has 0 aromatic heterocycles. The van der Waals surface area contributed by atoms with E-state index in [1.165, 1.54) is 0 Å². The first kappa shape index (κ1) is 26.2. The third-order valence-corrected chi connectivity index (χ3v) is 5.12. The lowest BCUT2D eigenvalue weighted by atomic mass is 9.84. The van der Waals surface area contributed by atoms with E-state index in [4.69, 9.17) is 4.74 Å². The molecule has 0 aromatic carbocycles. The number of alkyl carbamates (subject to hydrolysis) is 1. The molecule has 174 valence electrons. The van der Waals surface area contributed by atoms with E-state index in [9.17, 15) is 14.4 Å². The van der Waals surface area contributed by atoms with Gasteiger partial charge in [-0.1, -0.05) is 20.8 Å². The molecule has 3 N–H and O–H groups in total. The summed E-state index contributed by atoms with van der Waals surface area (Å²) in [5, 5.41) is 8.98. The Morgan fingerprint density at radius 1 is 1.13 bits per heavy atom. The van der Waals surface area contributed by atoms with Gasteiger partial charge in [0.1, 0.15) is 17.2 Å². The van der Waals surface area contributed by atoms with Gasteiger partial charge in [-0.3, -0.25) is 9.59 Å². The molecule has 1 aliphatic heterocycles. The Balaban J connectivity index is 3.23. The molecule has 3 amide bonds. The molecule has 1 saturated heterocycles. The van der Waals surface area contributed by atoms with Gasteiger partial charge in [-0.15, -0.1) is 0 Å². The van der Waals surface area contributed by atoms with Crippen LogP contribution in [-0.2, 0) is 14.3 Å². The van der Waals surface area contributed by atoms with Crippen LogP contribution in [0.2, 0.25) is 0 Å². The smallest absolute Gasteiger partial charge is 0.408 e. The van der Waals surface area contributed by atoms with Gasteiger partial charge in [0.05, 0.1) is 0 Å². The van der Waals surface area contributed by atoms with E-state index >= 15 is 0 Å². The number of nitrogens with zero attached hydrogens (tertiary/aromatic N) is 1. The molecule has 1 atom stereocenters. The van der Waals surface area contributed by atoms with Crippen molar-refractivity contribution in [1.82, 2.24) is 20.9 Å². The SMILES string of the molecule is CCCN(C(=O)C(CC(C)C)NC(=O)OC(C)(C)C)C1(C(=O)NCC)CCNCC1. The molecule has 1 unspecified atom stereocenters. The molecule has 0 radical (unpaired) electrons. The van der Waals surface area contributed by atoms with Crippen LogP contribution in [0.1, 0.15) is 74.1 Å². The zero-order chi connectivity index (χ0) is 22.9. The minimum absolute atomic E-state index is 0.117. The lowest BCUT2D eigenvalue weighted by Gasteiger charge is -2.46. The Labute approximate surface area is 181 Å². The maximum absolute atomic E-state index is 13.7. The summed E-state index contributed by atoms with van der Waals surface area (Å²) in [6, 6.07) is -0.743. The largest absolute Gasteiger partial charge is 0.444 e. The van der Waals surface area contributed by atoms with Crippen molar-refractivity contribution in [1.29, 1.82) is 0 Å². The Hall–Kier alpha value is -1.83. The summed E-state index contributed by atoms with van der Waals surface area (Å²) in [6.45, 7) is 15.5. The van der Waals surface area contributed by atoms with Crippen LogP contribution < -0.4 is 16.0 Å². The van der Waals surface area contributed by atoms with Crippen LogP contribution in [0, 0.1) is 5.92 Å². The van der Waals surface area contributed by atoms with E-state index < -0.39 is 23.3 Å². The maximum atomic E-state index is 13.7. The highest BCUT2D eigenvalue weighted by Crippen LogP contribution is 2.29. The van der Waals surface area contributed by atoms with Crippen LogP contribution in [0.3, 0.4) is 0 Å². The van der Waals surface area contributed by atoms with Gasteiger partial charge in [0.2, 0.25) is 11.8 Å². The molecule has 0 bridgehead atoms. The van der Waals surface area contributed by atoms with Crippen molar-refractivity contribution in [3.63, 3.8) is 0 Å². The van der Waals surface area contributed by atoms with Crippen LogP contribution in [-0.4, -0.2) is 66.2 Å². The number of piperidine rings is 1. The van der Waals surface area contributed by atoms with Crippen LogP contribution in [0.15, 0.2) is 0 Å². The summed E-state index contributed by atoms with van der Waals surface area (Å²) < 4.78 is 5.39. The second kappa shape index (κ2) is 11.5. The molecular weight excluding hydrogens is 384 g/mol. The van der Waals surface area contributed by atoms with Crippen molar-refractivity contribution in [2.24, 2.45) is 5.92 Å². The fraction of sp³-hybridized carbons (Fsp3) is 0.864. The number of amides is 3. The van der Waals surface area contributed by atoms with Gasteiger partial charge in [-0.25, -0.2) is 4.79 Å². The van der Waals surface area contributed by atoms with Crippen molar-refractivity contribution >= 4 is 17.9 Å². The second-order valence-corrected chi connectivity index (χ2v) is 9.46. The van der Waals surface area contributed by atoms with Crippen LogP contribution in [0.4, 0.5) is 4.79 Å². The number of likely N-dealkylation sites (N-methyl/N-ethyl adjacent to an activating group) is 1. The minimum atomic E-state index is -0.904. The highest BCUT2D eigenvalue weighted by Gasteiger charge is 2.48. The molecular formula is C22H42N4O4. The molecule has 8 heteroatoms. The summed E-state index contributed by atoms with van der Waals surface area (Å²) in [4.78, 5) is 41.0. The number of hydrogen-bond donors (Lipinski definition) is 3. The van der Waals surface area contributed by atoms with Crippen molar-refractivity contribution in [2.45, 2.75) is 91.3 Å². The van der Waals surface area contributed by atoms with Crippen molar-refractivity contribution in [2.75, 3.05) is 26.2 Å². The predicted molar refractivity (Wildman–Crippen MR) is 118 cm³/mol. The van der Waals surface area contributed by atoms with Crippen LogP contribution >= 0.6 is 0 Å². The molecule has 1 rings (SSSR count). The standard InChI is InChI=1S/C22H42N4O4/c1-8-14-26(22(19(28)24-9-2)10-12-23-13-11-22)18(27)17(15-16(3)4)25-20(29)30-21(5,6)7/h16-17,23H,8-15H2,1-7H3,(H,24,28)(H,25,29). The molecule has 8 nitrogen and oxygen atoms in total. The average molecular weight is 427 g/mol. The van der Waals surface area contributed by atoms with Gasteiger partial charge in [0.15, 0.2) is 0 Å². The molecule has 1 fully saturated rings. The number of carbonyl (C=O) groups is 3. The Morgan fingerprint density at radius 3 is 2.20 bits per heavy atom. The first-order valence-electron chi connectivity index (χ1n) is 11.3. The molecule has 0 aromatic rings. The first-order valence-corrected chi connectivity index (χ1v) is 11.3. The van der Waals surface area contributed by atoms with Gasteiger partial charge in [0, 0.05) is 13.1 Å². The topological polar surface area (TPSA) is 99.8 Å². The zero-order valence-corrected chi connectivity index (χ0v) is 19.9. The van der Waals surface area contributed by atoms with Crippen molar-refractivity contribution < 1.29 is 19.1 Å². The highest BCUT2D eigenvalue weighted by molar-refractivity contribution is 5.94. The van der Waals surface area contributed by atoms with E-state index in [-0.39, 0.29) is 17.7 Å². The highest BCUT2D eigenvalue weighted by atomic mass is 16.6. The van der Waals surface area contributed by atoms with Crippen LogP contribution in [0.25, 0.3) is 0 Å². The van der Waals surface area contributed by atoms with Gasteiger partial charge in [0.25, 0.3) is 0 Å². The average Bonchev–Trinajstić information content (AvgIpc) is 2.64. The maximum Gasteiger partial charge on any atom is 0.408 e. The Morgan fingerprint density at radius 2 is 1.73 bits per heavy atom. The summed E-state index contributed by atoms with van der Waals surface area (Å²) in [5.41, 5.74) is -1.56. The summed E-state index contributed by atoms with van der Waals surface area (Å²) in [5.74, 6) is -0.149. The van der Waals surface area contributed by atoms with Crippen LogP contribution in [0.5, 0.6) is 0 Å². The summed E-state index contributed by atoms with van der Waals surface area (Å²) in [6.07, 6.45) is 1.68. The number of nitrogens with one attached hydrogen (secondary N) is 3. The second-order valence-electron chi connectivity index (χ2n) is 9.46. The fourth-order valence-electron chi connectivity index (χ4n) is 3.87. The van der Waals surface area contributed by atoms with Gasteiger partial charge in [-0.2, -0.15) is 0 Å². The number of rotatable bonds is 9. The third kappa shape index (κ3) is 7.45. The lowest BCUT2D eigenvalue weighted by molar-refractivity contribution is -0.151. The number of carbonyl (C=O) groups excluding carboxylic acids is 3. The molecule has 0 aliphatic carbocycles. The van der Waals surface area contributed by atoms with E-state index in [0.29, 0.717) is 45.4 Å². The normalized spacial score (nSPS) is 17.2. The third-order valence-electron chi connectivity index (χ3n) is 5.12. The quantitative estimate of drug-likeness (QED) is 0.526. The minimum Gasteiger partial charge on any atom is -0.444 e.